The Hall–Kier alpha value is -3.95. The molecule has 0 aliphatic rings. The topological polar surface area (TPSA) is 118 Å². The molecule has 0 saturated carbocycles. The van der Waals surface area contributed by atoms with E-state index in [1.165, 1.54) is 23.9 Å². The van der Waals surface area contributed by atoms with Crippen LogP contribution in [0.2, 0.25) is 0 Å². The highest BCUT2D eigenvalue weighted by atomic mass is 16.6. The summed E-state index contributed by atoms with van der Waals surface area (Å²) in [7, 11) is 6.27. The van der Waals surface area contributed by atoms with E-state index in [1.54, 1.807) is 54.8 Å². The molecule has 0 saturated heterocycles. The number of hydrogen-bond donors (Lipinski definition) is 0. The minimum absolute atomic E-state index is 0.00789. The lowest BCUT2D eigenvalue weighted by atomic mass is 10.1. The molecule has 162 valence electrons. The zero-order valence-corrected chi connectivity index (χ0v) is 17.6. The fourth-order valence-corrected chi connectivity index (χ4v) is 3.52. The summed E-state index contributed by atoms with van der Waals surface area (Å²) in [6.45, 7) is 0. The summed E-state index contributed by atoms with van der Waals surface area (Å²) in [6.07, 6.45) is 4.76. The molecule has 3 rings (SSSR count). The van der Waals surface area contributed by atoms with Crippen LogP contribution >= 0.6 is 0 Å². The van der Waals surface area contributed by atoms with E-state index in [2.05, 4.69) is 0 Å². The predicted octanol–water partition coefficient (Wildman–Crippen LogP) is 2.25. The van der Waals surface area contributed by atoms with Crippen LogP contribution in [-0.4, -0.2) is 43.3 Å². The molecule has 0 atom stereocenters. The first-order valence-corrected chi connectivity index (χ1v) is 9.36. The lowest BCUT2D eigenvalue weighted by Gasteiger charge is -2.00. The lowest BCUT2D eigenvalue weighted by molar-refractivity contribution is -0.384. The maximum atomic E-state index is 12.8. The van der Waals surface area contributed by atoms with Crippen LogP contribution in [0.5, 0.6) is 0 Å². The molecule has 0 aromatic carbocycles. The summed E-state index contributed by atoms with van der Waals surface area (Å²) >= 11 is 0. The van der Waals surface area contributed by atoms with Crippen molar-refractivity contribution in [1.29, 1.82) is 0 Å². The molecule has 0 aliphatic heterocycles. The van der Waals surface area contributed by atoms with Gasteiger partial charge in [0.05, 0.1) is 29.6 Å². The molecule has 0 N–H and O–H groups in total. The largest absolute Gasteiger partial charge is 0.464 e. The maximum absolute atomic E-state index is 12.8. The molecule has 10 nitrogen and oxygen atoms in total. The number of rotatable bonds is 8. The quantitative estimate of drug-likeness (QED) is 0.236. The standard InChI is InChI=1S/C21H22N4O6/c1-22-10-13(7-20(27)17-9-15(25(29)30)12-24(17)3)5-16(22)19(26)8-14-6-18(21(28)31-4)23(2)11-14/h5-6,9-12H,7-8H2,1-4H3. The lowest BCUT2D eigenvalue weighted by Crippen LogP contribution is -2.08. The number of aromatic nitrogens is 3. The van der Waals surface area contributed by atoms with Crippen molar-refractivity contribution in [3.63, 3.8) is 0 Å². The van der Waals surface area contributed by atoms with Crippen molar-refractivity contribution in [2.24, 2.45) is 21.1 Å². The van der Waals surface area contributed by atoms with Gasteiger partial charge in [-0.25, -0.2) is 4.79 Å². The van der Waals surface area contributed by atoms with Gasteiger partial charge in [-0.15, -0.1) is 0 Å². The molecule has 0 bridgehead atoms. The molecule has 0 amide bonds. The van der Waals surface area contributed by atoms with Gasteiger partial charge in [0.2, 0.25) is 0 Å². The molecule has 0 radical (unpaired) electrons. The van der Waals surface area contributed by atoms with Crippen molar-refractivity contribution in [2.75, 3.05) is 7.11 Å². The Morgan fingerprint density at radius 3 is 1.77 bits per heavy atom. The minimum Gasteiger partial charge on any atom is -0.464 e. The smallest absolute Gasteiger partial charge is 0.354 e. The van der Waals surface area contributed by atoms with Gasteiger partial charge in [-0.3, -0.25) is 19.7 Å². The Labute approximate surface area is 177 Å². The number of ketones is 2. The van der Waals surface area contributed by atoms with Crippen molar-refractivity contribution >= 4 is 23.2 Å². The Kier molecular flexibility index (Phi) is 5.91. The molecule has 0 aliphatic carbocycles. The minimum atomic E-state index is -0.550. The van der Waals surface area contributed by atoms with Crippen LogP contribution < -0.4 is 0 Å². The molecule has 3 aromatic rings. The van der Waals surface area contributed by atoms with Crippen molar-refractivity contribution in [1.82, 2.24) is 13.7 Å². The van der Waals surface area contributed by atoms with Crippen molar-refractivity contribution < 1.29 is 24.0 Å². The summed E-state index contributed by atoms with van der Waals surface area (Å²) in [6, 6.07) is 4.49. The van der Waals surface area contributed by atoms with Gasteiger partial charge in [-0.1, -0.05) is 0 Å². The van der Waals surface area contributed by atoms with Crippen LogP contribution in [0.15, 0.2) is 36.8 Å². The number of nitrogens with zero attached hydrogens (tertiary/aromatic N) is 4. The van der Waals surface area contributed by atoms with Gasteiger partial charge in [0, 0.05) is 52.4 Å². The van der Waals surface area contributed by atoms with Crippen LogP contribution in [0, 0.1) is 10.1 Å². The van der Waals surface area contributed by atoms with Crippen molar-refractivity contribution in [2.45, 2.75) is 12.8 Å². The third-order valence-electron chi connectivity index (χ3n) is 5.02. The summed E-state index contributed by atoms with van der Waals surface area (Å²) in [5.41, 5.74) is 2.14. The number of aryl methyl sites for hydroxylation is 3. The van der Waals surface area contributed by atoms with E-state index in [1.807, 2.05) is 0 Å². The molecular weight excluding hydrogens is 404 g/mol. The number of nitro groups is 1. The SMILES string of the molecule is COC(=O)c1cc(CC(=O)c2cc(CC(=O)c3cc([N+](=O)[O-])cn3C)cn2C)cn1C. The van der Waals surface area contributed by atoms with E-state index in [-0.39, 0.29) is 35.8 Å². The van der Waals surface area contributed by atoms with E-state index >= 15 is 0 Å². The van der Waals surface area contributed by atoms with Crippen LogP contribution in [0.3, 0.4) is 0 Å². The zero-order valence-electron chi connectivity index (χ0n) is 17.6. The summed E-state index contributed by atoms with van der Waals surface area (Å²) in [4.78, 5) is 47.5. The Morgan fingerprint density at radius 2 is 1.29 bits per heavy atom. The number of esters is 1. The number of Topliss-reactive ketones (excluding diaryl/α,β-unsaturated/α-hetero) is 2. The Balaban J connectivity index is 1.75. The van der Waals surface area contributed by atoms with Gasteiger partial charge in [0.25, 0.3) is 5.69 Å². The van der Waals surface area contributed by atoms with Gasteiger partial charge in [-0.05, 0) is 23.3 Å². The number of carbonyl (C=O) groups excluding carboxylic acids is 3. The molecule has 0 unspecified atom stereocenters. The van der Waals surface area contributed by atoms with Gasteiger partial charge in [0.1, 0.15) is 5.69 Å². The zero-order chi connectivity index (χ0) is 22.9. The molecule has 0 spiro atoms. The second-order valence-corrected chi connectivity index (χ2v) is 7.33. The average Bonchev–Trinajstić information content (AvgIpc) is 3.37. The van der Waals surface area contributed by atoms with Crippen molar-refractivity contribution in [3.05, 3.63) is 75.1 Å². The van der Waals surface area contributed by atoms with Crippen LogP contribution in [0.1, 0.15) is 42.6 Å². The third-order valence-corrected chi connectivity index (χ3v) is 5.02. The summed E-state index contributed by atoms with van der Waals surface area (Å²) in [5.74, 6) is -0.939. The molecule has 3 heterocycles. The fraction of sp³-hybridized carbons (Fsp3) is 0.286. The molecule has 3 aromatic heterocycles. The average molecular weight is 426 g/mol. The number of carbonyl (C=O) groups is 3. The van der Waals surface area contributed by atoms with E-state index in [4.69, 9.17) is 4.74 Å². The van der Waals surface area contributed by atoms with E-state index in [0.29, 0.717) is 22.5 Å². The number of ether oxygens (including phenoxy) is 1. The molecule has 10 heteroatoms. The van der Waals surface area contributed by atoms with Gasteiger partial charge < -0.3 is 18.4 Å². The summed E-state index contributed by atoms with van der Waals surface area (Å²) in [5, 5.41) is 10.9. The second-order valence-electron chi connectivity index (χ2n) is 7.33. The van der Waals surface area contributed by atoms with Gasteiger partial charge in [0.15, 0.2) is 11.6 Å². The highest BCUT2D eigenvalue weighted by Gasteiger charge is 2.20. The first-order chi connectivity index (χ1) is 14.6. The Morgan fingerprint density at radius 1 is 0.839 bits per heavy atom. The summed E-state index contributed by atoms with van der Waals surface area (Å²) < 4.78 is 9.38. The van der Waals surface area contributed by atoms with E-state index in [9.17, 15) is 24.5 Å². The molecule has 0 fully saturated rings. The van der Waals surface area contributed by atoms with Crippen molar-refractivity contribution in [3.8, 4) is 0 Å². The van der Waals surface area contributed by atoms with Gasteiger partial charge in [-0.2, -0.15) is 0 Å². The fourth-order valence-electron chi connectivity index (χ4n) is 3.52. The van der Waals surface area contributed by atoms with E-state index < -0.39 is 10.9 Å². The highest BCUT2D eigenvalue weighted by molar-refractivity contribution is 5.99. The predicted molar refractivity (Wildman–Crippen MR) is 110 cm³/mol. The molecular formula is C21H22N4O6. The van der Waals surface area contributed by atoms with E-state index in [0.717, 1.165) is 0 Å². The van der Waals surface area contributed by atoms with Crippen LogP contribution in [0.25, 0.3) is 0 Å². The van der Waals surface area contributed by atoms with Crippen LogP contribution in [0.4, 0.5) is 5.69 Å². The number of hydrogen-bond acceptors (Lipinski definition) is 6. The Bertz CT molecular complexity index is 1200. The third kappa shape index (κ3) is 4.47. The molecule has 31 heavy (non-hydrogen) atoms. The normalized spacial score (nSPS) is 10.8. The van der Waals surface area contributed by atoms with Gasteiger partial charge >= 0.3 is 5.97 Å². The number of methoxy groups -OCH3 is 1. The monoisotopic (exact) mass is 426 g/mol. The first-order valence-electron chi connectivity index (χ1n) is 9.36. The van der Waals surface area contributed by atoms with Crippen LogP contribution in [-0.2, 0) is 38.7 Å². The second kappa shape index (κ2) is 8.42. The highest BCUT2D eigenvalue weighted by Crippen LogP contribution is 2.19. The maximum Gasteiger partial charge on any atom is 0.354 e. The first kappa shape index (κ1) is 21.8.